The third-order valence-corrected chi connectivity index (χ3v) is 10.7. The Labute approximate surface area is 275 Å². The Morgan fingerprint density at radius 2 is 0.851 bits per heavy atom. The summed E-state index contributed by atoms with van der Waals surface area (Å²) in [4.78, 5) is 9.57. The lowest BCUT2D eigenvalue weighted by molar-refractivity contribution is 1.38. The van der Waals surface area contributed by atoms with Crippen LogP contribution in [0.4, 0.5) is 0 Å². The molecular weight excluding hydrogens is 589 g/mol. The summed E-state index contributed by atoms with van der Waals surface area (Å²) in [5.74, 6) is 0. The second-order valence-electron chi connectivity index (χ2n) is 12.1. The number of thiophene rings is 1. The van der Waals surface area contributed by atoms with Crippen LogP contribution in [0.5, 0.6) is 0 Å². The van der Waals surface area contributed by atoms with E-state index >= 15 is 0 Å². The Morgan fingerprint density at radius 3 is 1.51 bits per heavy atom. The molecule has 0 aliphatic heterocycles. The van der Waals surface area contributed by atoms with Gasteiger partial charge in [0.2, 0.25) is 0 Å². The van der Waals surface area contributed by atoms with Crippen LogP contribution >= 0.6 is 11.3 Å². The van der Waals surface area contributed by atoms with E-state index in [-0.39, 0.29) is 0 Å². The van der Waals surface area contributed by atoms with Crippen molar-refractivity contribution < 1.29 is 0 Å². The zero-order valence-electron chi connectivity index (χ0n) is 25.3. The molecular formula is C44H26N2S. The maximum Gasteiger partial charge on any atom is 0.0979 e. The highest BCUT2D eigenvalue weighted by atomic mass is 32.1. The summed E-state index contributed by atoms with van der Waals surface area (Å²) >= 11 is 1.85. The van der Waals surface area contributed by atoms with Gasteiger partial charge in [0.15, 0.2) is 0 Å². The van der Waals surface area contributed by atoms with Gasteiger partial charge in [0.05, 0.1) is 11.0 Å². The van der Waals surface area contributed by atoms with Gasteiger partial charge in [-0.25, -0.2) is 0 Å². The highest BCUT2D eigenvalue weighted by molar-refractivity contribution is 7.27. The average Bonchev–Trinajstić information content (AvgIpc) is 3.54. The van der Waals surface area contributed by atoms with E-state index in [1.54, 1.807) is 0 Å². The zero-order valence-corrected chi connectivity index (χ0v) is 26.1. The van der Waals surface area contributed by atoms with Crippen LogP contribution in [0.15, 0.2) is 158 Å². The Morgan fingerprint density at radius 1 is 0.362 bits per heavy atom. The van der Waals surface area contributed by atoms with E-state index < -0.39 is 0 Å². The summed E-state index contributed by atoms with van der Waals surface area (Å²) in [5, 5.41) is 9.88. The summed E-state index contributed by atoms with van der Waals surface area (Å²) in [6.07, 6.45) is 3.74. The van der Waals surface area contributed by atoms with Gasteiger partial charge in [-0.1, -0.05) is 115 Å². The van der Waals surface area contributed by atoms with E-state index in [2.05, 4.69) is 133 Å². The molecule has 0 atom stereocenters. The standard InChI is InChI=1S/C44H26N2S/c1-2-10-27(11-3-1)28-18-20-29(21-19-28)39-31-12-4-6-14-33(31)40(34-15-7-5-13-32(34)39)30-22-23-38-37(26-30)41-35-16-8-24-45-42(35)43-36(44(41)47-38)17-9-25-46-43/h1-26H. The normalized spacial score (nSPS) is 11.8. The van der Waals surface area contributed by atoms with Crippen molar-refractivity contribution in [2.24, 2.45) is 0 Å². The minimum absolute atomic E-state index is 0.958. The third-order valence-electron chi connectivity index (χ3n) is 9.54. The van der Waals surface area contributed by atoms with Gasteiger partial charge in [0.25, 0.3) is 0 Å². The first-order valence-electron chi connectivity index (χ1n) is 15.9. The SMILES string of the molecule is c1ccc(-c2ccc(-c3c4ccccc4c(-c4ccc5sc6c7cccnc7c7ncccc7c6c5c4)c4ccccc34)cc2)cc1. The van der Waals surface area contributed by atoms with E-state index in [9.17, 15) is 0 Å². The van der Waals surface area contributed by atoms with Crippen LogP contribution in [-0.4, -0.2) is 9.97 Å². The molecule has 218 valence electrons. The highest BCUT2D eigenvalue weighted by Gasteiger charge is 2.19. The summed E-state index contributed by atoms with van der Waals surface area (Å²) in [5.41, 5.74) is 9.37. The predicted molar refractivity (Wildman–Crippen MR) is 201 cm³/mol. The summed E-state index contributed by atoms with van der Waals surface area (Å²) < 4.78 is 2.54. The Kier molecular flexibility index (Phi) is 5.78. The van der Waals surface area contributed by atoms with Gasteiger partial charge in [-0.15, -0.1) is 11.3 Å². The van der Waals surface area contributed by atoms with Gasteiger partial charge >= 0.3 is 0 Å². The van der Waals surface area contributed by atoms with Crippen LogP contribution in [-0.2, 0) is 0 Å². The van der Waals surface area contributed by atoms with Crippen molar-refractivity contribution in [3.8, 4) is 33.4 Å². The van der Waals surface area contributed by atoms with E-state index in [0.29, 0.717) is 0 Å². The van der Waals surface area contributed by atoms with Crippen LogP contribution in [0.2, 0.25) is 0 Å². The van der Waals surface area contributed by atoms with Crippen molar-refractivity contribution in [1.29, 1.82) is 0 Å². The van der Waals surface area contributed by atoms with Crippen molar-refractivity contribution in [3.05, 3.63) is 158 Å². The molecule has 7 aromatic carbocycles. The molecule has 47 heavy (non-hydrogen) atoms. The number of nitrogens with zero attached hydrogens (tertiary/aromatic N) is 2. The first-order chi connectivity index (χ1) is 23.3. The Hall–Kier alpha value is -5.90. The summed E-state index contributed by atoms with van der Waals surface area (Å²) in [6, 6.07) is 52.9. The molecule has 3 heteroatoms. The fourth-order valence-electron chi connectivity index (χ4n) is 7.49. The van der Waals surface area contributed by atoms with Gasteiger partial charge < -0.3 is 0 Å². The van der Waals surface area contributed by atoms with Crippen LogP contribution in [0.25, 0.3) is 96.9 Å². The topological polar surface area (TPSA) is 25.8 Å². The second-order valence-corrected chi connectivity index (χ2v) is 13.2. The first-order valence-corrected chi connectivity index (χ1v) is 16.7. The van der Waals surface area contributed by atoms with Crippen LogP contribution in [0, 0.1) is 0 Å². The van der Waals surface area contributed by atoms with Gasteiger partial charge in [-0.05, 0) is 85.3 Å². The number of benzene rings is 7. The molecule has 10 rings (SSSR count). The largest absolute Gasteiger partial charge is 0.254 e. The molecule has 0 aliphatic carbocycles. The average molecular weight is 615 g/mol. The molecule has 0 saturated carbocycles. The zero-order chi connectivity index (χ0) is 30.9. The van der Waals surface area contributed by atoms with E-state index in [1.165, 1.54) is 75.1 Å². The van der Waals surface area contributed by atoms with Gasteiger partial charge in [0.1, 0.15) is 0 Å². The van der Waals surface area contributed by atoms with Crippen molar-refractivity contribution in [3.63, 3.8) is 0 Å². The van der Waals surface area contributed by atoms with E-state index in [4.69, 9.17) is 9.97 Å². The van der Waals surface area contributed by atoms with Gasteiger partial charge in [-0.2, -0.15) is 0 Å². The lowest BCUT2D eigenvalue weighted by Gasteiger charge is -2.18. The number of pyridine rings is 2. The molecule has 0 radical (unpaired) electrons. The van der Waals surface area contributed by atoms with Crippen LogP contribution in [0.3, 0.4) is 0 Å². The summed E-state index contributed by atoms with van der Waals surface area (Å²) in [6.45, 7) is 0. The molecule has 0 unspecified atom stereocenters. The van der Waals surface area contributed by atoms with Gasteiger partial charge in [0, 0.05) is 43.3 Å². The Bertz CT molecular complexity index is 2780. The van der Waals surface area contributed by atoms with Crippen molar-refractivity contribution >= 4 is 74.9 Å². The number of fused-ring (bicyclic) bond motifs is 10. The molecule has 0 N–H and O–H groups in total. The molecule has 0 saturated heterocycles. The number of hydrogen-bond acceptors (Lipinski definition) is 3. The predicted octanol–water partition coefficient (Wildman–Crippen LogP) is 12.5. The molecule has 2 nitrogen and oxygen atoms in total. The monoisotopic (exact) mass is 614 g/mol. The lowest BCUT2D eigenvalue weighted by atomic mass is 9.85. The molecule has 0 spiro atoms. The number of hydrogen-bond donors (Lipinski definition) is 0. The quantitative estimate of drug-likeness (QED) is 0.146. The number of rotatable bonds is 3. The number of aromatic nitrogens is 2. The smallest absolute Gasteiger partial charge is 0.0979 e. The fraction of sp³-hybridized carbons (Fsp3) is 0. The van der Waals surface area contributed by atoms with Crippen molar-refractivity contribution in [1.82, 2.24) is 9.97 Å². The maximum absolute atomic E-state index is 4.81. The molecule has 10 aromatic rings. The molecule has 0 fully saturated rings. The molecule has 3 aromatic heterocycles. The minimum Gasteiger partial charge on any atom is -0.254 e. The molecule has 0 bridgehead atoms. The Balaban J connectivity index is 1.25. The van der Waals surface area contributed by atoms with Crippen LogP contribution < -0.4 is 0 Å². The highest BCUT2D eigenvalue weighted by Crippen LogP contribution is 2.47. The minimum atomic E-state index is 0.958. The van der Waals surface area contributed by atoms with Crippen molar-refractivity contribution in [2.75, 3.05) is 0 Å². The molecule has 0 amide bonds. The fourth-order valence-corrected chi connectivity index (χ4v) is 8.72. The first kappa shape index (κ1) is 26.3. The third kappa shape index (κ3) is 3.97. The molecule has 3 heterocycles. The lowest BCUT2D eigenvalue weighted by Crippen LogP contribution is -1.91. The van der Waals surface area contributed by atoms with Crippen LogP contribution in [0.1, 0.15) is 0 Å². The van der Waals surface area contributed by atoms with E-state index in [0.717, 1.165) is 21.8 Å². The summed E-state index contributed by atoms with van der Waals surface area (Å²) in [7, 11) is 0. The van der Waals surface area contributed by atoms with E-state index in [1.807, 2.05) is 35.9 Å². The maximum atomic E-state index is 4.81. The van der Waals surface area contributed by atoms with Crippen molar-refractivity contribution in [2.45, 2.75) is 0 Å². The molecule has 0 aliphatic rings. The van der Waals surface area contributed by atoms with Gasteiger partial charge in [-0.3, -0.25) is 9.97 Å². The second kappa shape index (κ2) is 10.3.